The number of hydrogen-bond acceptors (Lipinski definition) is 3. The lowest BCUT2D eigenvalue weighted by atomic mass is 9.81. The number of hydrogen-bond donors (Lipinski definition) is 0. The van der Waals surface area contributed by atoms with Gasteiger partial charge in [0.25, 0.3) is 0 Å². The quantitative estimate of drug-likeness (QED) is 0.705. The first-order chi connectivity index (χ1) is 12.1. The number of allylic oxidation sites excluding steroid dienone is 3. The van der Waals surface area contributed by atoms with Crippen LogP contribution >= 0.6 is 11.6 Å². The van der Waals surface area contributed by atoms with Crippen molar-refractivity contribution in [3.8, 4) is 0 Å². The van der Waals surface area contributed by atoms with Crippen molar-refractivity contribution in [3.63, 3.8) is 0 Å². The fourth-order valence-electron chi connectivity index (χ4n) is 5.14. The minimum Gasteiger partial charge on any atom is -0.450 e. The maximum Gasteiger partial charge on any atom is 0.343 e. The van der Waals surface area contributed by atoms with Crippen molar-refractivity contribution < 1.29 is 9.53 Å². The highest BCUT2D eigenvalue weighted by Gasteiger charge is 2.59. The molecule has 3 aliphatic carbocycles. The summed E-state index contributed by atoms with van der Waals surface area (Å²) >= 11 is 6.22. The zero-order valence-electron chi connectivity index (χ0n) is 14.9. The highest BCUT2D eigenvalue weighted by atomic mass is 35.5. The van der Waals surface area contributed by atoms with Gasteiger partial charge in [-0.2, -0.15) is 5.10 Å². The molecule has 1 saturated carbocycles. The van der Waals surface area contributed by atoms with Gasteiger partial charge in [-0.1, -0.05) is 43.5 Å². The van der Waals surface area contributed by atoms with Crippen molar-refractivity contribution >= 4 is 17.6 Å². The summed E-state index contributed by atoms with van der Waals surface area (Å²) in [6, 6.07) is 0. The van der Waals surface area contributed by atoms with Gasteiger partial charge < -0.3 is 4.74 Å². The van der Waals surface area contributed by atoms with Crippen LogP contribution in [-0.2, 0) is 11.8 Å². The normalized spacial score (nSPS) is 30.0. The first-order valence-corrected chi connectivity index (χ1v) is 9.77. The van der Waals surface area contributed by atoms with E-state index in [1.807, 2.05) is 0 Å². The topological polar surface area (TPSA) is 44.1 Å². The fraction of sp³-hybridized carbons (Fsp3) is 0.600. The zero-order valence-corrected chi connectivity index (χ0v) is 15.7. The molecule has 0 amide bonds. The lowest BCUT2D eigenvalue weighted by molar-refractivity contribution is -0.0197. The molecule has 25 heavy (non-hydrogen) atoms. The predicted octanol–water partition coefficient (Wildman–Crippen LogP) is 4.85. The minimum atomic E-state index is -0.420. The molecule has 4 rings (SSSR count). The van der Waals surface area contributed by atoms with Crippen LogP contribution in [0.4, 0.5) is 0 Å². The highest BCUT2D eigenvalue weighted by molar-refractivity contribution is 6.32. The largest absolute Gasteiger partial charge is 0.450 e. The van der Waals surface area contributed by atoms with Gasteiger partial charge >= 0.3 is 5.97 Å². The van der Waals surface area contributed by atoms with Crippen molar-refractivity contribution in [3.05, 3.63) is 40.2 Å². The Morgan fingerprint density at radius 3 is 3.08 bits per heavy atom. The second-order valence-corrected chi connectivity index (χ2v) is 7.88. The summed E-state index contributed by atoms with van der Waals surface area (Å²) in [4.78, 5) is 12.9. The summed E-state index contributed by atoms with van der Waals surface area (Å²) in [6.07, 6.45) is 13.7. The van der Waals surface area contributed by atoms with Crippen LogP contribution in [0.25, 0.3) is 0 Å². The van der Waals surface area contributed by atoms with E-state index in [9.17, 15) is 4.79 Å². The maximum absolute atomic E-state index is 12.9. The summed E-state index contributed by atoms with van der Waals surface area (Å²) in [5, 5.41) is 4.43. The van der Waals surface area contributed by atoms with Crippen molar-refractivity contribution in [2.75, 3.05) is 0 Å². The van der Waals surface area contributed by atoms with Gasteiger partial charge in [0, 0.05) is 13.0 Å². The molecule has 4 nitrogen and oxygen atoms in total. The van der Waals surface area contributed by atoms with Crippen LogP contribution in [0.15, 0.2) is 29.5 Å². The number of halogens is 1. The molecule has 0 spiro atoms. The summed E-state index contributed by atoms with van der Waals surface area (Å²) < 4.78 is 7.79. The van der Waals surface area contributed by atoms with Crippen LogP contribution in [0.3, 0.4) is 0 Å². The Labute approximate surface area is 153 Å². The lowest BCUT2D eigenvalue weighted by Crippen LogP contribution is -2.39. The molecule has 0 aromatic carbocycles. The molecule has 0 N–H and O–H groups in total. The summed E-state index contributed by atoms with van der Waals surface area (Å²) in [5.41, 5.74) is 2.77. The predicted molar refractivity (Wildman–Crippen MR) is 97.5 cm³/mol. The SMILES string of the molecule is CCCCC1C2CCC1(OC(=O)c1cnn(C)c1Cl)C1=C2C=CCC1. The van der Waals surface area contributed by atoms with Crippen molar-refractivity contribution in [2.24, 2.45) is 18.9 Å². The average Bonchev–Trinajstić information content (AvgIpc) is 3.22. The first-order valence-electron chi connectivity index (χ1n) is 9.39. The third-order valence-electron chi connectivity index (χ3n) is 6.26. The number of aromatic nitrogens is 2. The van der Waals surface area contributed by atoms with Gasteiger partial charge in [-0.15, -0.1) is 0 Å². The van der Waals surface area contributed by atoms with E-state index in [1.54, 1.807) is 7.05 Å². The van der Waals surface area contributed by atoms with Gasteiger partial charge in [0.05, 0.1) is 6.20 Å². The number of carbonyl (C=O) groups excluding carboxylic acids is 1. The lowest BCUT2D eigenvalue weighted by Gasteiger charge is -2.35. The molecule has 0 saturated heterocycles. The van der Waals surface area contributed by atoms with E-state index in [0.29, 0.717) is 22.6 Å². The van der Waals surface area contributed by atoms with Crippen LogP contribution in [0.2, 0.25) is 5.15 Å². The number of aryl methyl sites for hydroxylation is 1. The molecule has 1 aromatic heterocycles. The number of carbonyl (C=O) groups is 1. The van der Waals surface area contributed by atoms with Crippen LogP contribution in [-0.4, -0.2) is 21.4 Å². The van der Waals surface area contributed by atoms with Crippen molar-refractivity contribution in [1.29, 1.82) is 0 Å². The molecule has 3 aliphatic rings. The van der Waals surface area contributed by atoms with Crippen molar-refractivity contribution in [2.45, 2.75) is 57.5 Å². The van der Waals surface area contributed by atoms with E-state index in [0.717, 1.165) is 32.1 Å². The van der Waals surface area contributed by atoms with Crippen LogP contribution in [0.1, 0.15) is 62.2 Å². The molecule has 1 fully saturated rings. The Balaban J connectivity index is 1.68. The molecule has 0 aliphatic heterocycles. The van der Waals surface area contributed by atoms with Gasteiger partial charge in [0.2, 0.25) is 0 Å². The first kappa shape index (κ1) is 16.9. The highest BCUT2D eigenvalue weighted by Crippen LogP contribution is 2.61. The number of fused-ring (bicyclic) bond motifs is 4. The van der Waals surface area contributed by atoms with E-state index in [1.165, 1.54) is 34.9 Å². The molecule has 5 heteroatoms. The number of rotatable bonds is 5. The zero-order chi connectivity index (χ0) is 17.6. The van der Waals surface area contributed by atoms with Gasteiger partial charge in [-0.25, -0.2) is 4.79 Å². The van der Waals surface area contributed by atoms with Crippen LogP contribution in [0.5, 0.6) is 0 Å². The number of unbranched alkanes of at least 4 members (excludes halogenated alkanes) is 1. The van der Waals surface area contributed by atoms with E-state index in [4.69, 9.17) is 16.3 Å². The van der Waals surface area contributed by atoms with Gasteiger partial charge in [0.15, 0.2) is 0 Å². The molecular formula is C20H25ClN2O2. The summed E-state index contributed by atoms with van der Waals surface area (Å²) in [7, 11) is 1.73. The van der Waals surface area contributed by atoms with E-state index < -0.39 is 5.60 Å². The molecule has 1 heterocycles. The second-order valence-electron chi connectivity index (χ2n) is 7.52. The Hall–Kier alpha value is -1.55. The molecule has 134 valence electrons. The van der Waals surface area contributed by atoms with Crippen LogP contribution < -0.4 is 0 Å². The molecule has 2 bridgehead atoms. The fourth-order valence-corrected chi connectivity index (χ4v) is 5.31. The number of nitrogens with zero attached hydrogens (tertiary/aromatic N) is 2. The Kier molecular flexibility index (Phi) is 4.27. The second kappa shape index (κ2) is 6.31. The third-order valence-corrected chi connectivity index (χ3v) is 6.71. The minimum absolute atomic E-state index is 0.330. The molecule has 3 unspecified atom stereocenters. The molecule has 0 radical (unpaired) electrons. The number of ether oxygens (including phenoxy) is 1. The van der Waals surface area contributed by atoms with Gasteiger partial charge in [-0.05, 0) is 49.2 Å². The third kappa shape index (κ3) is 2.49. The van der Waals surface area contributed by atoms with E-state index in [2.05, 4.69) is 24.2 Å². The van der Waals surface area contributed by atoms with Gasteiger partial charge in [-0.3, -0.25) is 4.68 Å². The summed E-state index contributed by atoms with van der Waals surface area (Å²) in [5.74, 6) is 0.637. The monoisotopic (exact) mass is 360 g/mol. The van der Waals surface area contributed by atoms with Crippen molar-refractivity contribution in [1.82, 2.24) is 9.78 Å². The Morgan fingerprint density at radius 2 is 2.36 bits per heavy atom. The standard InChI is InChI=1S/C20H25ClN2O2/c1-3-4-8-16-14-10-11-20(16,17-9-6-5-7-13(14)17)25-19(24)15-12-22-23(2)18(15)21/h5,7,12,14,16H,3-4,6,8-11H2,1-2H3. The Morgan fingerprint density at radius 1 is 1.52 bits per heavy atom. The smallest absolute Gasteiger partial charge is 0.343 e. The molecular weight excluding hydrogens is 336 g/mol. The van der Waals surface area contributed by atoms with E-state index in [-0.39, 0.29) is 5.97 Å². The Bertz CT molecular complexity index is 764. The number of esters is 1. The van der Waals surface area contributed by atoms with Gasteiger partial charge in [0.1, 0.15) is 16.3 Å². The molecule has 1 aromatic rings. The molecule has 3 atom stereocenters. The van der Waals surface area contributed by atoms with E-state index >= 15 is 0 Å². The average molecular weight is 361 g/mol. The maximum atomic E-state index is 12.9. The summed E-state index contributed by atoms with van der Waals surface area (Å²) in [6.45, 7) is 2.22. The van der Waals surface area contributed by atoms with Crippen LogP contribution in [0, 0.1) is 11.8 Å².